The molecule has 1 amide bonds. The minimum absolute atomic E-state index is 0.159. The highest BCUT2D eigenvalue weighted by atomic mass is 35.5. The van der Waals surface area contributed by atoms with Gasteiger partial charge in [-0.3, -0.25) is 4.79 Å². The van der Waals surface area contributed by atoms with E-state index in [-0.39, 0.29) is 24.2 Å². The molecule has 0 radical (unpaired) electrons. The number of alkyl halides is 2. The minimum atomic E-state index is -0.931. The standard InChI is InChI=1S/C11H10Cl2FNO/c12-11(13)5-8(11)10(16)15-6-7-3-1-2-4-9(7)14/h1-4,8H,5-6H2,(H,15,16)/t8-/m1/s1. The van der Waals surface area contributed by atoms with E-state index < -0.39 is 4.33 Å². The maximum atomic E-state index is 13.2. The first-order valence-electron chi connectivity index (χ1n) is 4.89. The summed E-state index contributed by atoms with van der Waals surface area (Å²) in [7, 11) is 0. The molecule has 1 atom stereocenters. The highest BCUT2D eigenvalue weighted by molar-refractivity contribution is 6.52. The van der Waals surface area contributed by atoms with E-state index in [0.717, 1.165) is 0 Å². The van der Waals surface area contributed by atoms with Crippen molar-refractivity contribution in [2.45, 2.75) is 17.3 Å². The first-order chi connectivity index (χ1) is 7.50. The molecular weight excluding hydrogens is 252 g/mol. The van der Waals surface area contributed by atoms with Gasteiger partial charge < -0.3 is 5.32 Å². The zero-order valence-electron chi connectivity index (χ0n) is 8.34. The minimum Gasteiger partial charge on any atom is -0.352 e. The van der Waals surface area contributed by atoms with Gasteiger partial charge >= 0.3 is 0 Å². The second kappa shape index (κ2) is 4.22. The molecule has 0 unspecified atom stereocenters. The summed E-state index contributed by atoms with van der Waals surface area (Å²) >= 11 is 11.5. The highest BCUT2D eigenvalue weighted by Gasteiger charge is 2.56. The number of amides is 1. The monoisotopic (exact) mass is 261 g/mol. The van der Waals surface area contributed by atoms with Gasteiger partial charge in [0.15, 0.2) is 0 Å². The van der Waals surface area contributed by atoms with Crippen LogP contribution in [0.2, 0.25) is 0 Å². The average molecular weight is 262 g/mol. The molecule has 1 aromatic rings. The Morgan fingerprint density at radius 1 is 1.50 bits per heavy atom. The van der Waals surface area contributed by atoms with Crippen molar-refractivity contribution in [1.82, 2.24) is 5.32 Å². The van der Waals surface area contributed by atoms with Gasteiger partial charge in [-0.05, 0) is 12.5 Å². The van der Waals surface area contributed by atoms with Gasteiger partial charge in [-0.2, -0.15) is 0 Å². The molecule has 1 saturated carbocycles. The van der Waals surface area contributed by atoms with Gasteiger partial charge in [0.25, 0.3) is 0 Å². The van der Waals surface area contributed by atoms with E-state index >= 15 is 0 Å². The molecule has 0 aromatic heterocycles. The van der Waals surface area contributed by atoms with Crippen LogP contribution in [0.3, 0.4) is 0 Å². The fourth-order valence-electron chi connectivity index (χ4n) is 1.45. The van der Waals surface area contributed by atoms with Crippen LogP contribution in [0.1, 0.15) is 12.0 Å². The summed E-state index contributed by atoms with van der Waals surface area (Å²) < 4.78 is 12.3. The Morgan fingerprint density at radius 3 is 2.69 bits per heavy atom. The van der Waals surface area contributed by atoms with Crippen molar-refractivity contribution >= 4 is 29.1 Å². The third-order valence-corrected chi connectivity index (χ3v) is 3.39. The van der Waals surface area contributed by atoms with Crippen LogP contribution >= 0.6 is 23.2 Å². The molecule has 0 heterocycles. The smallest absolute Gasteiger partial charge is 0.226 e. The molecule has 16 heavy (non-hydrogen) atoms. The summed E-state index contributed by atoms with van der Waals surface area (Å²) in [5.74, 6) is -0.933. The molecule has 86 valence electrons. The molecule has 5 heteroatoms. The Hall–Kier alpha value is -0.800. The molecule has 2 nitrogen and oxygen atoms in total. The predicted octanol–water partition coefficient (Wildman–Crippen LogP) is 2.64. The fraction of sp³-hybridized carbons (Fsp3) is 0.364. The molecule has 0 spiro atoms. The van der Waals surface area contributed by atoms with E-state index in [2.05, 4.69) is 5.32 Å². The molecule has 1 aliphatic carbocycles. The maximum Gasteiger partial charge on any atom is 0.226 e. The molecular formula is C11H10Cl2FNO. The summed E-state index contributed by atoms with van der Waals surface area (Å²) in [4.78, 5) is 11.5. The van der Waals surface area contributed by atoms with Crippen LogP contribution in [0.5, 0.6) is 0 Å². The normalized spacial score (nSPS) is 21.6. The van der Waals surface area contributed by atoms with Gasteiger partial charge in [0.05, 0.1) is 5.92 Å². The lowest BCUT2D eigenvalue weighted by Gasteiger charge is -2.06. The molecule has 1 N–H and O–H groups in total. The topological polar surface area (TPSA) is 29.1 Å². The number of benzene rings is 1. The summed E-state index contributed by atoms with van der Waals surface area (Å²) in [6.07, 6.45) is 0.458. The number of halogens is 3. The van der Waals surface area contributed by atoms with E-state index in [1.807, 2.05) is 0 Å². The Morgan fingerprint density at radius 2 is 2.12 bits per heavy atom. The van der Waals surface area contributed by atoms with Crippen LogP contribution in [0.15, 0.2) is 24.3 Å². The van der Waals surface area contributed by atoms with Gasteiger partial charge in [-0.1, -0.05) is 18.2 Å². The van der Waals surface area contributed by atoms with Crippen molar-refractivity contribution < 1.29 is 9.18 Å². The average Bonchev–Trinajstić information content (AvgIpc) is 2.86. The van der Waals surface area contributed by atoms with Crippen molar-refractivity contribution in [2.24, 2.45) is 5.92 Å². The number of carbonyl (C=O) groups excluding carboxylic acids is 1. The first kappa shape index (κ1) is 11.7. The molecule has 1 aromatic carbocycles. The number of carbonyl (C=O) groups is 1. The molecule has 1 aliphatic rings. The second-order valence-electron chi connectivity index (χ2n) is 3.83. The molecule has 0 aliphatic heterocycles. The second-order valence-corrected chi connectivity index (χ2v) is 5.37. The predicted molar refractivity (Wildman–Crippen MR) is 60.8 cm³/mol. The summed E-state index contributed by atoms with van der Waals surface area (Å²) in [5.41, 5.74) is 0.450. The van der Waals surface area contributed by atoms with Gasteiger partial charge in [-0.25, -0.2) is 4.39 Å². The Labute approximate surface area is 103 Å². The van der Waals surface area contributed by atoms with Gasteiger partial charge in [0.2, 0.25) is 5.91 Å². The zero-order valence-corrected chi connectivity index (χ0v) is 9.85. The van der Waals surface area contributed by atoms with Crippen LogP contribution < -0.4 is 5.32 Å². The third kappa shape index (κ3) is 2.47. The Balaban J connectivity index is 1.89. The highest BCUT2D eigenvalue weighted by Crippen LogP contribution is 2.53. The molecule has 1 fully saturated rings. The van der Waals surface area contributed by atoms with E-state index in [1.165, 1.54) is 6.07 Å². The van der Waals surface area contributed by atoms with Crippen LogP contribution in [0, 0.1) is 11.7 Å². The summed E-state index contributed by atoms with van der Waals surface area (Å²) in [6.45, 7) is 0.159. The van der Waals surface area contributed by atoms with Crippen LogP contribution in [0.4, 0.5) is 4.39 Å². The lowest BCUT2D eigenvalue weighted by atomic mass is 10.2. The Bertz CT molecular complexity index is 422. The fourth-order valence-corrected chi connectivity index (χ4v) is 1.95. The number of nitrogens with one attached hydrogen (secondary N) is 1. The van der Waals surface area contributed by atoms with E-state index in [4.69, 9.17) is 23.2 Å². The zero-order chi connectivity index (χ0) is 11.8. The van der Waals surface area contributed by atoms with Crippen molar-refractivity contribution in [3.8, 4) is 0 Å². The van der Waals surface area contributed by atoms with Crippen molar-refractivity contribution in [3.63, 3.8) is 0 Å². The lowest BCUT2D eigenvalue weighted by Crippen LogP contribution is -2.26. The van der Waals surface area contributed by atoms with E-state index in [9.17, 15) is 9.18 Å². The van der Waals surface area contributed by atoms with E-state index in [0.29, 0.717) is 12.0 Å². The SMILES string of the molecule is O=C(NCc1ccccc1F)[C@H]1CC1(Cl)Cl. The Kier molecular flexibility index (Phi) is 3.08. The van der Waals surface area contributed by atoms with E-state index in [1.54, 1.807) is 18.2 Å². The maximum absolute atomic E-state index is 13.2. The van der Waals surface area contributed by atoms with Crippen molar-refractivity contribution in [1.29, 1.82) is 0 Å². The van der Waals surface area contributed by atoms with Crippen LogP contribution in [-0.2, 0) is 11.3 Å². The molecule has 0 saturated heterocycles. The van der Waals surface area contributed by atoms with Gasteiger partial charge in [0, 0.05) is 12.1 Å². The molecule has 2 rings (SSSR count). The largest absolute Gasteiger partial charge is 0.352 e. The number of hydrogen-bond acceptors (Lipinski definition) is 1. The lowest BCUT2D eigenvalue weighted by molar-refractivity contribution is -0.122. The summed E-state index contributed by atoms with van der Waals surface area (Å²) in [5, 5.41) is 2.61. The number of hydrogen-bond donors (Lipinski definition) is 1. The van der Waals surface area contributed by atoms with Crippen molar-refractivity contribution in [3.05, 3.63) is 35.6 Å². The number of rotatable bonds is 3. The van der Waals surface area contributed by atoms with Gasteiger partial charge in [0.1, 0.15) is 10.2 Å². The third-order valence-electron chi connectivity index (χ3n) is 2.55. The van der Waals surface area contributed by atoms with Crippen molar-refractivity contribution in [2.75, 3.05) is 0 Å². The van der Waals surface area contributed by atoms with Gasteiger partial charge in [-0.15, -0.1) is 23.2 Å². The van der Waals surface area contributed by atoms with Crippen LogP contribution in [0.25, 0.3) is 0 Å². The molecule has 0 bridgehead atoms. The first-order valence-corrected chi connectivity index (χ1v) is 5.65. The summed E-state index contributed by atoms with van der Waals surface area (Å²) in [6, 6.07) is 6.29. The van der Waals surface area contributed by atoms with Crippen LogP contribution in [-0.4, -0.2) is 10.2 Å². The quantitative estimate of drug-likeness (QED) is 0.833.